The molecule has 1 aliphatic heterocycles. The summed E-state index contributed by atoms with van der Waals surface area (Å²) in [7, 11) is 0. The van der Waals surface area contributed by atoms with Gasteiger partial charge < -0.3 is 5.32 Å². The van der Waals surface area contributed by atoms with Crippen LogP contribution in [0.1, 0.15) is 71.1 Å². The molecule has 2 saturated carbocycles. The predicted molar refractivity (Wildman–Crippen MR) is 96.2 cm³/mol. The molecular formula is C21H36FN. The van der Waals surface area contributed by atoms with Gasteiger partial charge in [-0.2, -0.15) is 0 Å². The Morgan fingerprint density at radius 2 is 1.48 bits per heavy atom. The SMILES string of the molecule is CC(F)CC1CCC(/C=C/C2CCC(C3CCNC3)CC2)CC1. The van der Waals surface area contributed by atoms with Crippen molar-refractivity contribution in [3.8, 4) is 0 Å². The molecule has 0 aromatic carbocycles. The van der Waals surface area contributed by atoms with Crippen molar-refractivity contribution in [3.63, 3.8) is 0 Å². The highest BCUT2D eigenvalue weighted by Crippen LogP contribution is 2.37. The molecule has 3 fully saturated rings. The van der Waals surface area contributed by atoms with Gasteiger partial charge >= 0.3 is 0 Å². The second-order valence-corrected chi connectivity index (χ2v) is 8.61. The van der Waals surface area contributed by atoms with E-state index in [1.165, 1.54) is 70.9 Å². The van der Waals surface area contributed by atoms with Gasteiger partial charge in [-0.1, -0.05) is 12.2 Å². The summed E-state index contributed by atoms with van der Waals surface area (Å²) in [6.07, 6.45) is 17.4. The van der Waals surface area contributed by atoms with Crippen molar-refractivity contribution < 1.29 is 4.39 Å². The third-order valence-electron chi connectivity index (χ3n) is 6.79. The molecule has 1 N–H and O–H groups in total. The molecule has 3 rings (SSSR count). The van der Waals surface area contributed by atoms with Gasteiger partial charge in [0.15, 0.2) is 0 Å². The normalized spacial score (nSPS) is 40.5. The molecule has 0 aromatic heterocycles. The van der Waals surface area contributed by atoms with Crippen LogP contribution in [0.25, 0.3) is 0 Å². The molecule has 23 heavy (non-hydrogen) atoms. The van der Waals surface area contributed by atoms with Crippen molar-refractivity contribution in [2.24, 2.45) is 29.6 Å². The quantitative estimate of drug-likeness (QED) is 0.658. The van der Waals surface area contributed by atoms with Gasteiger partial charge in [0, 0.05) is 0 Å². The molecule has 1 saturated heterocycles. The lowest BCUT2D eigenvalue weighted by atomic mass is 9.74. The Labute approximate surface area is 142 Å². The van der Waals surface area contributed by atoms with E-state index in [2.05, 4.69) is 17.5 Å². The Hall–Kier alpha value is -0.370. The summed E-state index contributed by atoms with van der Waals surface area (Å²) in [6, 6.07) is 0. The van der Waals surface area contributed by atoms with Crippen LogP contribution in [0.2, 0.25) is 0 Å². The molecule has 0 aromatic rings. The maximum atomic E-state index is 13.1. The lowest BCUT2D eigenvalue weighted by Crippen LogP contribution is -2.23. The van der Waals surface area contributed by atoms with Crippen molar-refractivity contribution in [2.45, 2.75) is 77.3 Å². The summed E-state index contributed by atoms with van der Waals surface area (Å²) in [5, 5.41) is 3.53. The molecule has 0 spiro atoms. The third kappa shape index (κ3) is 5.31. The number of hydrogen-bond acceptors (Lipinski definition) is 1. The zero-order chi connectivity index (χ0) is 16.1. The number of hydrogen-bond donors (Lipinski definition) is 1. The van der Waals surface area contributed by atoms with E-state index >= 15 is 0 Å². The maximum Gasteiger partial charge on any atom is 0.0976 e. The van der Waals surface area contributed by atoms with Crippen LogP contribution in [0.15, 0.2) is 12.2 Å². The highest BCUT2D eigenvalue weighted by Gasteiger charge is 2.28. The summed E-state index contributed by atoms with van der Waals surface area (Å²) < 4.78 is 13.1. The molecular weight excluding hydrogens is 285 g/mol. The van der Waals surface area contributed by atoms with Crippen LogP contribution >= 0.6 is 0 Å². The fourth-order valence-electron chi connectivity index (χ4n) is 5.28. The minimum atomic E-state index is -0.614. The number of alkyl halides is 1. The third-order valence-corrected chi connectivity index (χ3v) is 6.79. The topological polar surface area (TPSA) is 12.0 Å². The van der Waals surface area contributed by atoms with E-state index in [9.17, 15) is 4.39 Å². The zero-order valence-corrected chi connectivity index (χ0v) is 15.0. The van der Waals surface area contributed by atoms with Gasteiger partial charge in [-0.05, 0) is 114 Å². The van der Waals surface area contributed by atoms with Crippen molar-refractivity contribution in [1.29, 1.82) is 0 Å². The molecule has 1 nitrogen and oxygen atoms in total. The molecule has 1 heterocycles. The fraction of sp³-hybridized carbons (Fsp3) is 0.905. The molecule has 2 aliphatic carbocycles. The van der Waals surface area contributed by atoms with Crippen LogP contribution in [0.4, 0.5) is 4.39 Å². The zero-order valence-electron chi connectivity index (χ0n) is 15.0. The first-order chi connectivity index (χ1) is 11.2. The highest BCUT2D eigenvalue weighted by atomic mass is 19.1. The van der Waals surface area contributed by atoms with Gasteiger partial charge in [-0.15, -0.1) is 0 Å². The Morgan fingerprint density at radius 1 is 0.870 bits per heavy atom. The first-order valence-corrected chi connectivity index (χ1v) is 10.2. The van der Waals surface area contributed by atoms with Crippen molar-refractivity contribution in [2.75, 3.05) is 13.1 Å². The average molecular weight is 322 g/mol. The van der Waals surface area contributed by atoms with Gasteiger partial charge in [0.2, 0.25) is 0 Å². The lowest BCUT2D eigenvalue weighted by Gasteiger charge is -2.31. The van der Waals surface area contributed by atoms with Gasteiger partial charge in [0.05, 0.1) is 6.17 Å². The first kappa shape index (κ1) is 17.5. The van der Waals surface area contributed by atoms with E-state index < -0.39 is 6.17 Å². The van der Waals surface area contributed by atoms with Crippen LogP contribution in [-0.4, -0.2) is 19.3 Å². The molecule has 0 radical (unpaired) electrons. The average Bonchev–Trinajstić information content (AvgIpc) is 3.09. The Balaban J connectivity index is 1.35. The molecule has 2 atom stereocenters. The summed E-state index contributed by atoms with van der Waals surface area (Å²) in [5.41, 5.74) is 0. The van der Waals surface area contributed by atoms with E-state index in [-0.39, 0.29) is 0 Å². The van der Waals surface area contributed by atoms with Crippen molar-refractivity contribution in [1.82, 2.24) is 5.32 Å². The summed E-state index contributed by atoms with van der Waals surface area (Å²) in [6.45, 7) is 4.23. The van der Waals surface area contributed by atoms with Gasteiger partial charge in [0.1, 0.15) is 0 Å². The molecule has 3 aliphatic rings. The van der Waals surface area contributed by atoms with Gasteiger partial charge in [-0.25, -0.2) is 4.39 Å². The van der Waals surface area contributed by atoms with Crippen LogP contribution in [-0.2, 0) is 0 Å². The fourth-order valence-corrected chi connectivity index (χ4v) is 5.28. The van der Waals surface area contributed by atoms with E-state index in [4.69, 9.17) is 0 Å². The number of halogens is 1. The van der Waals surface area contributed by atoms with Crippen molar-refractivity contribution >= 4 is 0 Å². The Morgan fingerprint density at radius 3 is 2.00 bits per heavy atom. The smallest absolute Gasteiger partial charge is 0.0976 e. The van der Waals surface area contributed by atoms with Crippen molar-refractivity contribution in [3.05, 3.63) is 12.2 Å². The molecule has 2 heteroatoms. The van der Waals surface area contributed by atoms with E-state index in [1.807, 2.05) is 0 Å². The predicted octanol–water partition coefficient (Wildman–Crippen LogP) is 5.51. The highest BCUT2D eigenvalue weighted by molar-refractivity contribution is 4.97. The number of nitrogens with one attached hydrogen (secondary N) is 1. The standard InChI is InChI=1S/C21H36FN/c1-16(22)14-19-6-4-17(5-7-19)2-3-18-8-10-20(11-9-18)21-12-13-23-15-21/h2-3,16-21,23H,4-15H2,1H3/b3-2+. The first-order valence-electron chi connectivity index (χ1n) is 10.2. The molecule has 0 bridgehead atoms. The van der Waals surface area contributed by atoms with Crippen LogP contribution in [0.3, 0.4) is 0 Å². The van der Waals surface area contributed by atoms with Gasteiger partial charge in [-0.3, -0.25) is 0 Å². The minimum absolute atomic E-state index is 0.614. The summed E-state index contributed by atoms with van der Waals surface area (Å²) >= 11 is 0. The number of rotatable bonds is 5. The van der Waals surface area contributed by atoms with E-state index in [1.54, 1.807) is 6.92 Å². The Kier molecular flexibility index (Phi) is 6.56. The van der Waals surface area contributed by atoms with E-state index in [0.29, 0.717) is 5.92 Å². The van der Waals surface area contributed by atoms with E-state index in [0.717, 1.165) is 30.1 Å². The molecule has 0 amide bonds. The second-order valence-electron chi connectivity index (χ2n) is 8.61. The molecule has 132 valence electrons. The second kappa shape index (κ2) is 8.65. The van der Waals surface area contributed by atoms with Crippen LogP contribution in [0, 0.1) is 29.6 Å². The molecule has 2 unspecified atom stereocenters. The van der Waals surface area contributed by atoms with Crippen LogP contribution < -0.4 is 5.32 Å². The summed E-state index contributed by atoms with van der Waals surface area (Å²) in [5.74, 6) is 4.22. The Bertz CT molecular complexity index is 356. The number of allylic oxidation sites excluding steroid dienone is 2. The van der Waals surface area contributed by atoms with Crippen LogP contribution in [0.5, 0.6) is 0 Å². The maximum absolute atomic E-state index is 13.1. The monoisotopic (exact) mass is 321 g/mol. The summed E-state index contributed by atoms with van der Waals surface area (Å²) in [4.78, 5) is 0. The van der Waals surface area contributed by atoms with Gasteiger partial charge in [0.25, 0.3) is 0 Å². The largest absolute Gasteiger partial charge is 0.316 e. The lowest BCUT2D eigenvalue weighted by molar-refractivity contribution is 0.225. The minimum Gasteiger partial charge on any atom is -0.316 e.